The average Bonchev–Trinajstić information content (AvgIpc) is 2.94. The molecule has 4 heteroatoms. The number of amides is 1. The summed E-state index contributed by atoms with van der Waals surface area (Å²) in [5, 5.41) is 2.96. The second-order valence-electron chi connectivity index (χ2n) is 5.87. The molecule has 1 aliphatic heterocycles. The highest BCUT2D eigenvalue weighted by atomic mass is 16.5. The molecule has 0 unspecified atom stereocenters. The molecule has 3 rings (SSSR count). The Morgan fingerprint density at radius 1 is 1.14 bits per heavy atom. The highest BCUT2D eigenvalue weighted by Crippen LogP contribution is 2.23. The Morgan fingerprint density at radius 3 is 2.77 bits per heavy atom. The number of anilines is 1. The van der Waals surface area contributed by atoms with Gasteiger partial charge in [0.1, 0.15) is 0 Å². The molecule has 0 radical (unpaired) electrons. The van der Waals surface area contributed by atoms with Crippen LogP contribution in [0, 0.1) is 0 Å². The van der Waals surface area contributed by atoms with E-state index in [0.717, 1.165) is 23.4 Å². The van der Waals surface area contributed by atoms with E-state index >= 15 is 0 Å². The second-order valence-corrected chi connectivity index (χ2v) is 5.87. The van der Waals surface area contributed by atoms with Crippen molar-refractivity contribution in [3.8, 4) is 0 Å². The van der Waals surface area contributed by atoms with Gasteiger partial charge >= 0.3 is 0 Å². The number of carbonyl (C=O) groups excluding carboxylic acids is 1. The minimum absolute atomic E-state index is 0.0838. The number of ether oxygens (including phenoxy) is 1. The second kappa shape index (κ2) is 6.30. The first kappa shape index (κ1) is 14.8. The van der Waals surface area contributed by atoms with Gasteiger partial charge in [-0.25, -0.2) is 0 Å². The van der Waals surface area contributed by atoms with E-state index in [2.05, 4.69) is 10.2 Å². The Labute approximate surface area is 130 Å². The maximum atomic E-state index is 12.4. The Hall–Kier alpha value is -2.17. The summed E-state index contributed by atoms with van der Waals surface area (Å²) in [5.74, 6) is -0.0838. The summed E-state index contributed by atoms with van der Waals surface area (Å²) in [7, 11) is 4.03. The lowest BCUT2D eigenvalue weighted by Gasteiger charge is -2.11. The van der Waals surface area contributed by atoms with E-state index in [9.17, 15) is 4.79 Å². The minimum atomic E-state index is -0.0838. The molecule has 0 fully saturated rings. The van der Waals surface area contributed by atoms with Gasteiger partial charge in [0.2, 0.25) is 0 Å². The summed E-state index contributed by atoms with van der Waals surface area (Å²) in [5.41, 5.74) is 4.97. The first-order valence-electron chi connectivity index (χ1n) is 7.36. The number of nitrogens with one attached hydrogen (secondary N) is 1. The molecule has 0 saturated heterocycles. The summed E-state index contributed by atoms with van der Waals surface area (Å²) in [6.45, 7) is 2.10. The molecule has 0 aromatic heterocycles. The lowest BCUT2D eigenvalue weighted by molar-refractivity contribution is 0.102. The van der Waals surface area contributed by atoms with E-state index in [0.29, 0.717) is 18.8 Å². The molecule has 0 saturated carbocycles. The standard InChI is InChI=1S/C18H20N2O2/c1-20(2)10-13-4-3-5-14(8-13)18(21)19-17-7-6-15-11-22-12-16(15)9-17/h3-9H,10-12H2,1-2H3,(H,19,21). The van der Waals surface area contributed by atoms with Crippen LogP contribution < -0.4 is 5.32 Å². The molecule has 2 aromatic rings. The molecule has 0 spiro atoms. The van der Waals surface area contributed by atoms with Gasteiger partial charge in [-0.2, -0.15) is 0 Å². The van der Waals surface area contributed by atoms with Crippen LogP contribution in [-0.2, 0) is 24.5 Å². The van der Waals surface area contributed by atoms with Crippen molar-refractivity contribution in [1.82, 2.24) is 4.90 Å². The maximum Gasteiger partial charge on any atom is 0.255 e. The van der Waals surface area contributed by atoms with Crippen molar-refractivity contribution in [2.45, 2.75) is 19.8 Å². The van der Waals surface area contributed by atoms with Crippen LogP contribution in [0.1, 0.15) is 27.0 Å². The first-order valence-corrected chi connectivity index (χ1v) is 7.36. The Bertz CT molecular complexity index is 695. The van der Waals surface area contributed by atoms with Crippen molar-refractivity contribution in [2.24, 2.45) is 0 Å². The first-order chi connectivity index (χ1) is 10.6. The van der Waals surface area contributed by atoms with Crippen LogP contribution in [-0.4, -0.2) is 24.9 Å². The van der Waals surface area contributed by atoms with E-state index in [1.54, 1.807) is 0 Å². The molecule has 0 atom stereocenters. The van der Waals surface area contributed by atoms with Gasteiger partial charge in [0, 0.05) is 17.8 Å². The predicted molar refractivity (Wildman–Crippen MR) is 86.7 cm³/mol. The zero-order chi connectivity index (χ0) is 15.5. The molecule has 0 aliphatic carbocycles. The number of hydrogen-bond donors (Lipinski definition) is 1. The van der Waals surface area contributed by atoms with E-state index in [1.165, 1.54) is 5.56 Å². The van der Waals surface area contributed by atoms with Crippen molar-refractivity contribution in [1.29, 1.82) is 0 Å². The lowest BCUT2D eigenvalue weighted by Crippen LogP contribution is -2.14. The molecule has 1 aliphatic rings. The summed E-state index contributed by atoms with van der Waals surface area (Å²) in [6.07, 6.45) is 0. The number of carbonyl (C=O) groups is 1. The Morgan fingerprint density at radius 2 is 1.95 bits per heavy atom. The van der Waals surface area contributed by atoms with Gasteiger partial charge in [0.15, 0.2) is 0 Å². The number of nitrogens with zero attached hydrogens (tertiary/aromatic N) is 1. The lowest BCUT2D eigenvalue weighted by atomic mass is 10.1. The monoisotopic (exact) mass is 296 g/mol. The van der Waals surface area contributed by atoms with E-state index in [1.807, 2.05) is 56.6 Å². The van der Waals surface area contributed by atoms with Crippen molar-refractivity contribution in [2.75, 3.05) is 19.4 Å². The van der Waals surface area contributed by atoms with Gasteiger partial charge in [-0.3, -0.25) is 4.79 Å². The third kappa shape index (κ3) is 3.35. The van der Waals surface area contributed by atoms with Gasteiger partial charge in [-0.1, -0.05) is 18.2 Å². The van der Waals surface area contributed by atoms with Crippen LogP contribution in [0.3, 0.4) is 0 Å². The van der Waals surface area contributed by atoms with Gasteiger partial charge in [-0.15, -0.1) is 0 Å². The van der Waals surface area contributed by atoms with Crippen LogP contribution in [0.5, 0.6) is 0 Å². The van der Waals surface area contributed by atoms with Crippen LogP contribution in [0.25, 0.3) is 0 Å². The van der Waals surface area contributed by atoms with Crippen molar-refractivity contribution in [3.05, 3.63) is 64.7 Å². The quantitative estimate of drug-likeness (QED) is 0.943. The van der Waals surface area contributed by atoms with Gasteiger partial charge in [0.05, 0.1) is 13.2 Å². The van der Waals surface area contributed by atoms with Crippen LogP contribution in [0.15, 0.2) is 42.5 Å². The normalized spacial score (nSPS) is 13.2. The summed E-state index contributed by atoms with van der Waals surface area (Å²) in [4.78, 5) is 14.5. The molecular weight excluding hydrogens is 276 g/mol. The Kier molecular flexibility index (Phi) is 4.22. The van der Waals surface area contributed by atoms with Gasteiger partial charge in [-0.05, 0) is 55.1 Å². The summed E-state index contributed by atoms with van der Waals surface area (Å²) < 4.78 is 5.39. The van der Waals surface area contributed by atoms with Crippen LogP contribution in [0.4, 0.5) is 5.69 Å². The zero-order valence-electron chi connectivity index (χ0n) is 12.9. The third-order valence-corrected chi connectivity index (χ3v) is 3.67. The van der Waals surface area contributed by atoms with Crippen molar-refractivity contribution >= 4 is 11.6 Å². The third-order valence-electron chi connectivity index (χ3n) is 3.67. The van der Waals surface area contributed by atoms with Crippen LogP contribution in [0.2, 0.25) is 0 Å². The molecule has 1 N–H and O–H groups in total. The molecule has 1 heterocycles. The topological polar surface area (TPSA) is 41.6 Å². The number of fused-ring (bicyclic) bond motifs is 1. The summed E-state index contributed by atoms with van der Waals surface area (Å²) >= 11 is 0. The maximum absolute atomic E-state index is 12.4. The molecular formula is C18H20N2O2. The molecule has 114 valence electrons. The van der Waals surface area contributed by atoms with Crippen molar-refractivity contribution in [3.63, 3.8) is 0 Å². The van der Waals surface area contributed by atoms with Crippen LogP contribution >= 0.6 is 0 Å². The fourth-order valence-corrected chi connectivity index (χ4v) is 2.63. The Balaban J connectivity index is 1.74. The van der Waals surface area contributed by atoms with Gasteiger partial charge < -0.3 is 15.0 Å². The highest BCUT2D eigenvalue weighted by molar-refractivity contribution is 6.04. The molecule has 1 amide bonds. The number of rotatable bonds is 4. The molecule has 22 heavy (non-hydrogen) atoms. The molecule has 2 aromatic carbocycles. The zero-order valence-corrected chi connectivity index (χ0v) is 12.9. The molecule has 0 bridgehead atoms. The van der Waals surface area contributed by atoms with E-state index in [-0.39, 0.29) is 5.91 Å². The fraction of sp³-hybridized carbons (Fsp3) is 0.278. The fourth-order valence-electron chi connectivity index (χ4n) is 2.63. The van der Waals surface area contributed by atoms with E-state index in [4.69, 9.17) is 4.74 Å². The smallest absolute Gasteiger partial charge is 0.255 e. The van der Waals surface area contributed by atoms with Gasteiger partial charge in [0.25, 0.3) is 5.91 Å². The number of hydrogen-bond acceptors (Lipinski definition) is 3. The predicted octanol–water partition coefficient (Wildman–Crippen LogP) is 3.03. The van der Waals surface area contributed by atoms with E-state index < -0.39 is 0 Å². The SMILES string of the molecule is CN(C)Cc1cccc(C(=O)Nc2ccc3c(c2)COC3)c1. The molecule has 4 nitrogen and oxygen atoms in total. The summed E-state index contributed by atoms with van der Waals surface area (Å²) in [6, 6.07) is 13.7. The average molecular weight is 296 g/mol. The van der Waals surface area contributed by atoms with Crippen molar-refractivity contribution < 1.29 is 9.53 Å². The number of benzene rings is 2. The minimum Gasteiger partial charge on any atom is -0.372 e. The highest BCUT2D eigenvalue weighted by Gasteiger charge is 2.13. The largest absolute Gasteiger partial charge is 0.372 e.